The van der Waals surface area contributed by atoms with Crippen LogP contribution in [0.1, 0.15) is 58.8 Å². The molecule has 0 bridgehead atoms. The van der Waals surface area contributed by atoms with E-state index in [2.05, 4.69) is 13.5 Å². The fraction of sp³-hybridized carbons (Fsp3) is 0.630. The SMILES string of the molecule is C=C1/C(=C\C=C2/CCC[C@]3(C)C([C@@H](C)C/C=C\C(O)(C(F)(F)F)C(F)(F)F)=CCC23)C[C@@H](O)C[C@@H]1O. The van der Waals surface area contributed by atoms with Crippen LogP contribution >= 0.6 is 0 Å². The van der Waals surface area contributed by atoms with Crippen LogP contribution in [0.25, 0.3) is 0 Å². The molecule has 3 nitrogen and oxygen atoms in total. The number of hydrogen-bond acceptors (Lipinski definition) is 3. The summed E-state index contributed by atoms with van der Waals surface area (Å²) < 4.78 is 77.7. The van der Waals surface area contributed by atoms with Gasteiger partial charge in [0.2, 0.25) is 0 Å². The van der Waals surface area contributed by atoms with E-state index in [9.17, 15) is 41.7 Å². The summed E-state index contributed by atoms with van der Waals surface area (Å²) in [5.41, 5.74) is -1.56. The summed E-state index contributed by atoms with van der Waals surface area (Å²) in [7, 11) is 0. The molecule has 2 saturated carbocycles. The molecule has 0 aromatic heterocycles. The highest BCUT2D eigenvalue weighted by atomic mass is 19.4. The highest BCUT2D eigenvalue weighted by molar-refractivity contribution is 5.40. The van der Waals surface area contributed by atoms with Crippen molar-refractivity contribution in [2.24, 2.45) is 17.3 Å². The molecule has 9 heteroatoms. The van der Waals surface area contributed by atoms with Crippen LogP contribution in [0, 0.1) is 17.3 Å². The van der Waals surface area contributed by atoms with Gasteiger partial charge in [-0.25, -0.2) is 0 Å². The van der Waals surface area contributed by atoms with Crippen LogP contribution in [0.4, 0.5) is 26.3 Å². The highest BCUT2D eigenvalue weighted by Gasteiger charge is 2.68. The number of hydrogen-bond donors (Lipinski definition) is 3. The Labute approximate surface area is 207 Å². The van der Waals surface area contributed by atoms with E-state index in [0.717, 1.165) is 42.9 Å². The average molecular weight is 521 g/mol. The van der Waals surface area contributed by atoms with Gasteiger partial charge in [0.1, 0.15) is 0 Å². The standard InChI is InChI=1S/C27H34F6O3/c1-16(6-4-13-25(36,26(28,29)30)27(31,32)33)21-10-11-22-18(7-5-12-24(21,22)3)8-9-19-14-20(34)15-23(35)17(19)2/h4,8-10,13,16,20,22-23,34-36H,2,5-7,11-12,14-15H2,1,3H3/b13-4-,18-8+,19-9-/t16-,20+,22?,23-,24+/m0/s1. The van der Waals surface area contributed by atoms with Crippen molar-refractivity contribution in [3.63, 3.8) is 0 Å². The van der Waals surface area contributed by atoms with Crippen LogP contribution in [0.3, 0.4) is 0 Å². The first-order valence-electron chi connectivity index (χ1n) is 12.2. The van der Waals surface area contributed by atoms with E-state index in [1.807, 2.05) is 18.2 Å². The second kappa shape index (κ2) is 10.1. The van der Waals surface area contributed by atoms with Gasteiger partial charge in [-0.15, -0.1) is 0 Å². The van der Waals surface area contributed by atoms with Crippen LogP contribution in [0.15, 0.2) is 59.3 Å². The van der Waals surface area contributed by atoms with Crippen molar-refractivity contribution in [1.29, 1.82) is 0 Å². The number of fused-ring (bicyclic) bond motifs is 1. The molecule has 3 aliphatic carbocycles. The predicted octanol–water partition coefficient (Wildman–Crippen LogP) is 6.49. The number of halogens is 6. The van der Waals surface area contributed by atoms with Crippen molar-refractivity contribution >= 4 is 0 Å². The van der Waals surface area contributed by atoms with Gasteiger partial charge in [-0.3, -0.25) is 0 Å². The molecule has 0 aromatic rings. The lowest BCUT2D eigenvalue weighted by molar-refractivity contribution is -0.347. The molecule has 0 amide bonds. The first kappa shape index (κ1) is 28.7. The maximum absolute atomic E-state index is 12.9. The number of allylic oxidation sites excluding steroid dienone is 6. The Morgan fingerprint density at radius 3 is 2.39 bits per heavy atom. The molecule has 3 aliphatic rings. The molecule has 1 unspecified atom stereocenters. The molecule has 5 atom stereocenters. The van der Waals surface area contributed by atoms with E-state index in [1.165, 1.54) is 5.57 Å². The lowest BCUT2D eigenvalue weighted by atomic mass is 9.62. The van der Waals surface area contributed by atoms with Gasteiger partial charge in [0.25, 0.3) is 5.60 Å². The molecule has 0 aromatic carbocycles. The maximum Gasteiger partial charge on any atom is 0.429 e. The second-order valence-electron chi connectivity index (χ2n) is 10.6. The van der Waals surface area contributed by atoms with Crippen LogP contribution < -0.4 is 0 Å². The molecular formula is C27H34F6O3. The smallest absolute Gasteiger partial charge is 0.393 e. The molecule has 0 aliphatic heterocycles. The zero-order valence-electron chi connectivity index (χ0n) is 20.5. The third-order valence-corrected chi connectivity index (χ3v) is 8.12. The van der Waals surface area contributed by atoms with Gasteiger partial charge >= 0.3 is 12.4 Å². The van der Waals surface area contributed by atoms with Crippen molar-refractivity contribution < 1.29 is 41.7 Å². The zero-order valence-corrected chi connectivity index (χ0v) is 20.5. The van der Waals surface area contributed by atoms with Crippen molar-refractivity contribution in [3.05, 3.63) is 59.3 Å². The fourth-order valence-corrected chi connectivity index (χ4v) is 6.00. The Hall–Kier alpha value is -1.84. The summed E-state index contributed by atoms with van der Waals surface area (Å²) >= 11 is 0. The van der Waals surface area contributed by atoms with Gasteiger partial charge in [0, 0.05) is 6.42 Å². The van der Waals surface area contributed by atoms with E-state index in [0.29, 0.717) is 12.0 Å². The Morgan fingerprint density at radius 1 is 1.14 bits per heavy atom. The lowest BCUT2D eigenvalue weighted by Crippen LogP contribution is -2.55. The van der Waals surface area contributed by atoms with Crippen molar-refractivity contribution in [2.45, 2.75) is 89.0 Å². The van der Waals surface area contributed by atoms with Crippen LogP contribution in [0.2, 0.25) is 0 Å². The average Bonchev–Trinajstić information content (AvgIpc) is 3.11. The Kier molecular flexibility index (Phi) is 8.09. The highest BCUT2D eigenvalue weighted by Crippen LogP contribution is 2.57. The molecule has 36 heavy (non-hydrogen) atoms. The third-order valence-electron chi connectivity index (χ3n) is 8.12. The molecule has 0 spiro atoms. The Bertz CT molecular complexity index is 957. The minimum atomic E-state index is -5.87. The van der Waals surface area contributed by atoms with Crippen molar-refractivity contribution in [1.82, 2.24) is 0 Å². The first-order valence-corrected chi connectivity index (χ1v) is 12.2. The monoisotopic (exact) mass is 520 g/mol. The fourth-order valence-electron chi connectivity index (χ4n) is 6.00. The van der Waals surface area contributed by atoms with E-state index in [4.69, 9.17) is 0 Å². The van der Waals surface area contributed by atoms with E-state index in [-0.39, 0.29) is 36.2 Å². The van der Waals surface area contributed by atoms with Crippen molar-refractivity contribution in [3.8, 4) is 0 Å². The largest absolute Gasteiger partial charge is 0.429 e. The van der Waals surface area contributed by atoms with Gasteiger partial charge in [-0.1, -0.05) is 55.9 Å². The van der Waals surface area contributed by atoms with Gasteiger partial charge in [0.05, 0.1) is 12.2 Å². The molecule has 0 radical (unpaired) electrons. The summed E-state index contributed by atoms with van der Waals surface area (Å²) in [5.74, 6) is -0.151. The molecular weight excluding hydrogens is 486 g/mol. The topological polar surface area (TPSA) is 60.7 Å². The summed E-state index contributed by atoms with van der Waals surface area (Å²) in [6, 6.07) is 0. The predicted molar refractivity (Wildman–Crippen MR) is 125 cm³/mol. The molecule has 202 valence electrons. The number of aliphatic hydroxyl groups is 3. The zero-order chi connectivity index (χ0) is 27.1. The normalized spacial score (nSPS) is 33.4. The summed E-state index contributed by atoms with van der Waals surface area (Å²) in [4.78, 5) is 0. The minimum absolute atomic E-state index is 0.0681. The quantitative estimate of drug-likeness (QED) is 0.287. The van der Waals surface area contributed by atoms with Crippen LogP contribution in [-0.2, 0) is 0 Å². The Balaban J connectivity index is 1.76. The number of aliphatic hydroxyl groups excluding tert-OH is 2. The molecule has 0 heterocycles. The van der Waals surface area contributed by atoms with Crippen molar-refractivity contribution in [2.75, 3.05) is 0 Å². The van der Waals surface area contributed by atoms with E-state index < -0.39 is 30.2 Å². The first-order chi connectivity index (χ1) is 16.5. The molecule has 2 fully saturated rings. The van der Waals surface area contributed by atoms with Gasteiger partial charge in [0.15, 0.2) is 0 Å². The lowest BCUT2D eigenvalue weighted by Gasteiger charge is -2.42. The van der Waals surface area contributed by atoms with E-state index >= 15 is 0 Å². The maximum atomic E-state index is 12.9. The minimum Gasteiger partial charge on any atom is -0.393 e. The summed E-state index contributed by atoms with van der Waals surface area (Å²) in [6.07, 6.45) is -2.69. The molecule has 3 rings (SSSR count). The summed E-state index contributed by atoms with van der Waals surface area (Å²) in [6.45, 7) is 7.80. The Morgan fingerprint density at radius 2 is 1.78 bits per heavy atom. The number of alkyl halides is 6. The van der Waals surface area contributed by atoms with Gasteiger partial charge in [-0.05, 0) is 73.0 Å². The molecule has 0 saturated heterocycles. The van der Waals surface area contributed by atoms with Crippen LogP contribution in [-0.4, -0.2) is 45.5 Å². The number of rotatable bonds is 5. The van der Waals surface area contributed by atoms with Gasteiger partial charge < -0.3 is 15.3 Å². The van der Waals surface area contributed by atoms with E-state index in [1.54, 1.807) is 6.92 Å². The van der Waals surface area contributed by atoms with Crippen LogP contribution in [0.5, 0.6) is 0 Å². The van der Waals surface area contributed by atoms with Gasteiger partial charge in [-0.2, -0.15) is 26.3 Å². The third kappa shape index (κ3) is 5.38. The second-order valence-corrected chi connectivity index (χ2v) is 10.6. The molecule has 3 N–H and O–H groups in total. The summed E-state index contributed by atoms with van der Waals surface area (Å²) in [5, 5.41) is 29.4.